The molecule has 1 aromatic rings. The number of benzene rings is 1. The van der Waals surface area contributed by atoms with Crippen molar-refractivity contribution in [3.63, 3.8) is 0 Å². The van der Waals surface area contributed by atoms with Crippen molar-refractivity contribution in [3.8, 4) is 0 Å². The normalized spacial score (nSPS) is 22.2. The number of anilines is 1. The Morgan fingerprint density at radius 3 is 3.00 bits per heavy atom. The number of hydrogen-bond acceptors (Lipinski definition) is 1. The van der Waals surface area contributed by atoms with Crippen LogP contribution in [0.2, 0.25) is 0 Å². The Labute approximate surface area is 71.7 Å². The summed E-state index contributed by atoms with van der Waals surface area (Å²) in [6.07, 6.45) is 1.91. The second kappa shape index (κ2) is 2.77. The Morgan fingerprint density at radius 1 is 1.42 bits per heavy atom. The third kappa shape index (κ3) is 1.07. The largest absolute Gasteiger partial charge is 0.209 e. The predicted molar refractivity (Wildman–Crippen MR) is 47.8 cm³/mol. The van der Waals surface area contributed by atoms with Crippen LogP contribution in [0.5, 0.6) is 0 Å². The van der Waals surface area contributed by atoms with E-state index in [2.05, 4.69) is 0 Å². The van der Waals surface area contributed by atoms with Gasteiger partial charge >= 0.3 is 0 Å². The summed E-state index contributed by atoms with van der Waals surface area (Å²) >= 11 is 0. The molecule has 0 fully saturated rings. The highest BCUT2D eigenvalue weighted by Gasteiger charge is 2.21. The van der Waals surface area contributed by atoms with Crippen LogP contribution in [0.3, 0.4) is 0 Å². The van der Waals surface area contributed by atoms with Crippen molar-refractivity contribution >= 4 is 5.69 Å². The number of nitrogens with zero attached hydrogens (tertiary/aromatic N) is 1. The summed E-state index contributed by atoms with van der Waals surface area (Å²) in [5, 5.41) is 0.874. The lowest BCUT2D eigenvalue weighted by molar-refractivity contribution is 0.353. The molecule has 0 saturated heterocycles. The molecule has 0 spiro atoms. The molecular weight excluding hydrogens is 153 g/mol. The van der Waals surface area contributed by atoms with Gasteiger partial charge in [-0.05, 0) is 31.4 Å². The van der Waals surface area contributed by atoms with E-state index in [4.69, 9.17) is 0 Å². The van der Waals surface area contributed by atoms with E-state index >= 15 is 0 Å². The standard InChI is InChI=1S/C10H12FN/c1-8-6-7-9-4-2-3-5-10(9)12(8)11/h2-5,8H,6-7H2,1H3. The molecule has 12 heavy (non-hydrogen) atoms. The number of rotatable bonds is 0. The second-order valence-electron chi connectivity index (χ2n) is 3.33. The topological polar surface area (TPSA) is 3.24 Å². The number of para-hydroxylation sites is 1. The van der Waals surface area contributed by atoms with Crippen molar-refractivity contribution in [3.05, 3.63) is 29.8 Å². The Kier molecular flexibility index (Phi) is 1.75. The molecule has 64 valence electrons. The van der Waals surface area contributed by atoms with Gasteiger partial charge in [0.05, 0.1) is 11.7 Å². The molecule has 0 bridgehead atoms. The van der Waals surface area contributed by atoms with Gasteiger partial charge in [-0.25, -0.2) is 5.12 Å². The summed E-state index contributed by atoms with van der Waals surface area (Å²) in [7, 11) is 0. The maximum absolute atomic E-state index is 13.4. The molecule has 0 amide bonds. The molecule has 0 N–H and O–H groups in total. The highest BCUT2D eigenvalue weighted by atomic mass is 19.2. The lowest BCUT2D eigenvalue weighted by Crippen LogP contribution is -2.29. The highest BCUT2D eigenvalue weighted by Crippen LogP contribution is 2.30. The minimum Gasteiger partial charge on any atom is -0.209 e. The fraction of sp³-hybridized carbons (Fsp3) is 0.400. The Bertz CT molecular complexity index is 285. The van der Waals surface area contributed by atoms with Gasteiger partial charge in [-0.15, -0.1) is 0 Å². The zero-order valence-corrected chi connectivity index (χ0v) is 7.13. The van der Waals surface area contributed by atoms with E-state index in [0.29, 0.717) is 0 Å². The van der Waals surface area contributed by atoms with Crippen molar-refractivity contribution in [2.45, 2.75) is 25.8 Å². The lowest BCUT2D eigenvalue weighted by atomic mass is 9.99. The van der Waals surface area contributed by atoms with Crippen LogP contribution in [0.15, 0.2) is 24.3 Å². The van der Waals surface area contributed by atoms with Crippen LogP contribution >= 0.6 is 0 Å². The first-order chi connectivity index (χ1) is 5.79. The van der Waals surface area contributed by atoms with E-state index in [1.807, 2.05) is 31.2 Å². The van der Waals surface area contributed by atoms with Gasteiger partial charge in [0, 0.05) is 0 Å². The number of halogens is 1. The van der Waals surface area contributed by atoms with E-state index < -0.39 is 0 Å². The summed E-state index contributed by atoms with van der Waals surface area (Å²) in [5.74, 6) is 0. The Balaban J connectivity index is 2.42. The number of fused-ring (bicyclic) bond motifs is 1. The van der Waals surface area contributed by atoms with E-state index in [0.717, 1.165) is 29.2 Å². The Morgan fingerprint density at radius 2 is 2.17 bits per heavy atom. The summed E-state index contributed by atoms with van der Waals surface area (Å²) in [4.78, 5) is 0. The first kappa shape index (κ1) is 7.59. The zero-order valence-electron chi connectivity index (χ0n) is 7.13. The molecule has 0 aliphatic carbocycles. The molecule has 2 heteroatoms. The van der Waals surface area contributed by atoms with E-state index in [-0.39, 0.29) is 6.04 Å². The fourth-order valence-corrected chi connectivity index (χ4v) is 1.65. The van der Waals surface area contributed by atoms with Gasteiger partial charge in [-0.3, -0.25) is 0 Å². The molecule has 1 atom stereocenters. The zero-order chi connectivity index (χ0) is 8.55. The van der Waals surface area contributed by atoms with Crippen LogP contribution in [0.1, 0.15) is 18.9 Å². The van der Waals surface area contributed by atoms with Crippen molar-refractivity contribution in [1.29, 1.82) is 0 Å². The molecule has 1 heterocycles. The molecule has 2 rings (SSSR count). The van der Waals surface area contributed by atoms with Crippen molar-refractivity contribution in [2.75, 3.05) is 5.12 Å². The van der Waals surface area contributed by atoms with E-state index in [1.165, 1.54) is 0 Å². The number of aryl methyl sites for hydroxylation is 1. The molecule has 1 unspecified atom stereocenters. The third-order valence-electron chi connectivity index (χ3n) is 2.44. The minimum absolute atomic E-state index is 0.0277. The monoisotopic (exact) mass is 165 g/mol. The van der Waals surface area contributed by atoms with Crippen LogP contribution in [0.4, 0.5) is 10.2 Å². The van der Waals surface area contributed by atoms with Crippen molar-refractivity contribution < 1.29 is 4.48 Å². The first-order valence-electron chi connectivity index (χ1n) is 4.32. The molecule has 0 radical (unpaired) electrons. The molecule has 1 nitrogen and oxygen atoms in total. The molecule has 0 aromatic heterocycles. The van der Waals surface area contributed by atoms with Crippen LogP contribution in [-0.4, -0.2) is 6.04 Å². The quantitative estimate of drug-likeness (QED) is 0.534. The summed E-state index contributed by atoms with van der Waals surface area (Å²) in [6.45, 7) is 1.91. The predicted octanol–water partition coefficient (Wildman–Crippen LogP) is 2.71. The van der Waals surface area contributed by atoms with Crippen LogP contribution < -0.4 is 5.12 Å². The fourth-order valence-electron chi connectivity index (χ4n) is 1.65. The highest BCUT2D eigenvalue weighted by molar-refractivity contribution is 5.53. The maximum Gasteiger partial charge on any atom is 0.0722 e. The summed E-state index contributed by atoms with van der Waals surface area (Å²) in [6, 6.07) is 7.70. The second-order valence-corrected chi connectivity index (χ2v) is 3.33. The Hall–Kier alpha value is -1.05. The SMILES string of the molecule is CC1CCc2ccccc2N1F. The average molecular weight is 165 g/mol. The van der Waals surface area contributed by atoms with Gasteiger partial charge < -0.3 is 0 Å². The molecular formula is C10H12FN. The minimum atomic E-state index is 0.0277. The van der Waals surface area contributed by atoms with Crippen molar-refractivity contribution in [2.24, 2.45) is 0 Å². The van der Waals surface area contributed by atoms with Gasteiger partial charge in [0.25, 0.3) is 0 Å². The molecule has 1 aliphatic rings. The van der Waals surface area contributed by atoms with Crippen molar-refractivity contribution in [1.82, 2.24) is 0 Å². The van der Waals surface area contributed by atoms with Gasteiger partial charge in [0.15, 0.2) is 0 Å². The lowest BCUT2D eigenvalue weighted by Gasteiger charge is -2.28. The maximum atomic E-state index is 13.4. The third-order valence-corrected chi connectivity index (χ3v) is 2.44. The number of hydrogen-bond donors (Lipinski definition) is 0. The van der Waals surface area contributed by atoms with Gasteiger partial charge in [0.2, 0.25) is 0 Å². The summed E-state index contributed by atoms with van der Waals surface area (Å²) < 4.78 is 13.4. The molecule has 0 saturated carbocycles. The van der Waals surface area contributed by atoms with Crippen LogP contribution in [0.25, 0.3) is 0 Å². The van der Waals surface area contributed by atoms with Gasteiger partial charge in [-0.2, -0.15) is 0 Å². The first-order valence-corrected chi connectivity index (χ1v) is 4.32. The molecule has 1 aliphatic heterocycles. The van der Waals surface area contributed by atoms with Crippen LogP contribution in [0, 0.1) is 0 Å². The molecule has 1 aromatic carbocycles. The summed E-state index contributed by atoms with van der Waals surface area (Å²) in [5.41, 5.74) is 1.87. The smallest absolute Gasteiger partial charge is 0.0722 e. The van der Waals surface area contributed by atoms with Crippen LogP contribution in [-0.2, 0) is 6.42 Å². The average Bonchev–Trinajstić information content (AvgIpc) is 2.12. The van der Waals surface area contributed by atoms with Gasteiger partial charge in [-0.1, -0.05) is 22.7 Å². The van der Waals surface area contributed by atoms with E-state index in [1.54, 1.807) is 0 Å². The van der Waals surface area contributed by atoms with E-state index in [9.17, 15) is 4.48 Å². The van der Waals surface area contributed by atoms with Gasteiger partial charge in [0.1, 0.15) is 0 Å².